The van der Waals surface area contributed by atoms with Gasteiger partial charge in [-0.15, -0.1) is 0 Å². The Morgan fingerprint density at radius 3 is 2.07 bits per heavy atom. The van der Waals surface area contributed by atoms with Crippen molar-refractivity contribution in [3.05, 3.63) is 102 Å². The maximum absolute atomic E-state index is 14.0. The van der Waals surface area contributed by atoms with Crippen LogP contribution in [-0.2, 0) is 41.2 Å². The number of carbonyl (C=O) groups excluding carboxylic acids is 3. The number of piperidine rings is 1. The number of carbonyl (C=O) groups is 3. The van der Waals surface area contributed by atoms with Crippen LogP contribution in [0.15, 0.2) is 84.9 Å². The van der Waals surface area contributed by atoms with E-state index in [0.717, 1.165) is 16.7 Å². The third kappa shape index (κ3) is 6.37. The number of hydrogen-bond donors (Lipinski definition) is 1. The monoisotopic (exact) mass is 626 g/mol. The zero-order valence-electron chi connectivity index (χ0n) is 25.0. The molecule has 2 aliphatic heterocycles. The highest BCUT2D eigenvalue weighted by Gasteiger charge is 2.70. The number of fused-ring (bicyclic) bond motifs is 1. The van der Waals surface area contributed by atoms with Crippen molar-refractivity contribution in [1.82, 2.24) is 10.2 Å². The Morgan fingerprint density at radius 1 is 0.956 bits per heavy atom. The molecule has 1 N–H and O–H groups in total. The van der Waals surface area contributed by atoms with Crippen molar-refractivity contribution in [2.45, 2.75) is 30.8 Å². The van der Waals surface area contributed by atoms with Gasteiger partial charge in [-0.3, -0.25) is 19.1 Å². The van der Waals surface area contributed by atoms with Crippen LogP contribution in [0.2, 0.25) is 0 Å². The summed E-state index contributed by atoms with van der Waals surface area (Å²) in [5.41, 5.74) is 2.58. The largest absolute Gasteiger partial charge is 0.442 e. The Balaban J connectivity index is 1.07. The van der Waals surface area contributed by atoms with Crippen LogP contribution in [0.25, 0.3) is 0 Å². The lowest BCUT2D eigenvalue weighted by molar-refractivity contribution is -0.133. The molecule has 10 nitrogen and oxygen atoms in total. The Morgan fingerprint density at radius 2 is 1.53 bits per heavy atom. The minimum absolute atomic E-state index is 0.0171. The topological polar surface area (TPSA) is 129 Å². The molecule has 3 aliphatic rings. The van der Waals surface area contributed by atoms with Gasteiger partial charge >= 0.3 is 6.09 Å². The number of likely N-dealkylation sites (tertiary alicyclic amines) is 1. The van der Waals surface area contributed by atoms with E-state index in [9.17, 15) is 24.2 Å². The maximum Gasteiger partial charge on any atom is 0.414 e. The lowest BCUT2D eigenvalue weighted by Crippen LogP contribution is -2.37. The molecule has 1 aliphatic carbocycles. The number of nitrogens with one attached hydrogen (secondary N) is 1. The first-order chi connectivity index (χ1) is 21.7. The summed E-state index contributed by atoms with van der Waals surface area (Å²) in [7, 11) is -3.23. The first-order valence-electron chi connectivity index (χ1n) is 15.0. The van der Waals surface area contributed by atoms with Crippen LogP contribution in [0.1, 0.15) is 23.6 Å². The number of nitrogens with zero attached hydrogens (tertiary/aromatic N) is 3. The Kier molecular flexibility index (Phi) is 8.50. The van der Waals surface area contributed by atoms with Gasteiger partial charge in [-0.2, -0.15) is 5.26 Å². The number of amides is 3. The fourth-order valence-electron chi connectivity index (χ4n) is 6.64. The lowest BCUT2D eigenvalue weighted by Gasteiger charge is -2.25. The van der Waals surface area contributed by atoms with E-state index < -0.39 is 25.0 Å². The van der Waals surface area contributed by atoms with Gasteiger partial charge in [0, 0.05) is 37.5 Å². The summed E-state index contributed by atoms with van der Waals surface area (Å²) in [5.74, 6) is -0.454. The van der Waals surface area contributed by atoms with E-state index in [0.29, 0.717) is 25.3 Å². The highest BCUT2D eigenvalue weighted by molar-refractivity contribution is 7.57. The molecule has 3 amide bonds. The summed E-state index contributed by atoms with van der Waals surface area (Å²) in [5, 5.41) is 12.9. The molecule has 0 aromatic heterocycles. The van der Waals surface area contributed by atoms with Crippen LogP contribution in [0, 0.1) is 23.2 Å². The smallest absolute Gasteiger partial charge is 0.414 e. The molecule has 11 heteroatoms. The van der Waals surface area contributed by atoms with E-state index in [1.54, 1.807) is 17.0 Å². The van der Waals surface area contributed by atoms with Gasteiger partial charge in [0.2, 0.25) is 19.2 Å². The maximum atomic E-state index is 14.0. The van der Waals surface area contributed by atoms with Crippen LogP contribution >= 0.6 is 7.37 Å². The zero-order chi connectivity index (χ0) is 31.6. The van der Waals surface area contributed by atoms with Gasteiger partial charge in [0.1, 0.15) is 12.7 Å². The number of benzene rings is 3. The second-order valence-electron chi connectivity index (χ2n) is 12.0. The van der Waals surface area contributed by atoms with E-state index in [-0.39, 0.29) is 49.1 Å². The highest BCUT2D eigenvalue weighted by atomic mass is 31.2. The summed E-state index contributed by atoms with van der Waals surface area (Å²) < 4.78 is 25.3. The standard InChI is InChI=1S/C34H35N4O6P/c1-24(39)36-16-29-17-38(33(41)44-29)28-14-12-27(13-15-28)34(23-35)30-18-37(19-31(30)34)32(40)20-43-45(42,21-25-8-4-2-5-9-25)22-26-10-6-3-7-11-26/h2-15,29-31H,16-22H2,1H3,(H,36,39)/t29-,30-,31-/m0/s1. The number of hydrogen-bond acceptors (Lipinski definition) is 7. The molecule has 3 atom stereocenters. The van der Waals surface area contributed by atoms with E-state index >= 15 is 0 Å². The number of cyclic esters (lactones) is 1. The molecular formula is C34H35N4O6P. The summed E-state index contributed by atoms with van der Waals surface area (Å²) in [4.78, 5) is 40.1. The average molecular weight is 627 g/mol. The molecule has 45 heavy (non-hydrogen) atoms. The minimum Gasteiger partial charge on any atom is -0.442 e. The molecule has 3 aromatic carbocycles. The van der Waals surface area contributed by atoms with E-state index in [1.807, 2.05) is 72.8 Å². The first-order valence-corrected chi connectivity index (χ1v) is 17.0. The Labute approximate surface area is 262 Å². The third-order valence-corrected chi connectivity index (χ3v) is 11.3. The molecule has 0 bridgehead atoms. The van der Waals surface area contributed by atoms with Crippen molar-refractivity contribution in [1.29, 1.82) is 5.26 Å². The lowest BCUT2D eigenvalue weighted by atomic mass is 9.91. The van der Waals surface area contributed by atoms with Crippen molar-refractivity contribution >= 4 is 31.0 Å². The second kappa shape index (κ2) is 12.5. The van der Waals surface area contributed by atoms with Gasteiger partial charge in [0.25, 0.3) is 0 Å². The molecule has 2 saturated heterocycles. The molecule has 0 unspecified atom stereocenters. The number of nitriles is 1. The van der Waals surface area contributed by atoms with Crippen LogP contribution in [-0.4, -0.2) is 61.7 Å². The number of ether oxygens (including phenoxy) is 1. The van der Waals surface area contributed by atoms with Gasteiger partial charge in [-0.1, -0.05) is 72.8 Å². The fraction of sp³-hybridized carbons (Fsp3) is 0.353. The normalized spacial score (nSPS) is 23.6. The number of anilines is 1. The first kappa shape index (κ1) is 30.6. The summed E-state index contributed by atoms with van der Waals surface area (Å²) in [6.07, 6.45) is -0.447. The van der Waals surface area contributed by atoms with Crippen molar-refractivity contribution in [2.24, 2.45) is 11.8 Å². The number of rotatable bonds is 11. The summed E-state index contributed by atoms with van der Waals surface area (Å²) in [6, 6.07) is 28.9. The average Bonchev–Trinajstić information content (AvgIpc) is 3.30. The third-order valence-electron chi connectivity index (χ3n) is 8.98. The Hall–Kier alpha value is -4.45. The Bertz CT molecular complexity index is 1600. The van der Waals surface area contributed by atoms with E-state index in [4.69, 9.17) is 9.26 Å². The van der Waals surface area contributed by atoms with Crippen molar-refractivity contribution in [3.8, 4) is 6.07 Å². The van der Waals surface area contributed by atoms with Crippen LogP contribution in [0.3, 0.4) is 0 Å². The second-order valence-corrected chi connectivity index (χ2v) is 14.5. The van der Waals surface area contributed by atoms with Gasteiger partial charge in [0.05, 0.1) is 36.9 Å². The highest BCUT2D eigenvalue weighted by Crippen LogP contribution is 2.63. The van der Waals surface area contributed by atoms with Gasteiger partial charge in [0.15, 0.2) is 0 Å². The van der Waals surface area contributed by atoms with Crippen molar-refractivity contribution in [3.63, 3.8) is 0 Å². The van der Waals surface area contributed by atoms with Crippen molar-refractivity contribution in [2.75, 3.05) is 37.7 Å². The molecule has 6 rings (SSSR count). The molecule has 3 fully saturated rings. The summed E-state index contributed by atoms with van der Waals surface area (Å²) in [6.45, 7) is 2.54. The van der Waals surface area contributed by atoms with Crippen molar-refractivity contribution < 1.29 is 28.2 Å². The van der Waals surface area contributed by atoms with Gasteiger partial charge in [-0.25, -0.2) is 4.79 Å². The van der Waals surface area contributed by atoms with E-state index in [1.165, 1.54) is 11.8 Å². The molecule has 232 valence electrons. The van der Waals surface area contributed by atoms with E-state index in [2.05, 4.69) is 11.4 Å². The SMILES string of the molecule is CC(=O)NC[C@H]1CN(c2ccc(C3(C#N)[C@H]4CN(C(=O)COP(=O)(Cc5ccccc5)Cc5ccccc5)C[C@@H]43)cc2)C(=O)O1. The molecular weight excluding hydrogens is 591 g/mol. The van der Waals surface area contributed by atoms with Crippen LogP contribution in [0.5, 0.6) is 0 Å². The molecule has 0 radical (unpaired) electrons. The van der Waals surface area contributed by atoms with Gasteiger partial charge in [-0.05, 0) is 28.8 Å². The zero-order valence-corrected chi connectivity index (χ0v) is 25.9. The summed E-state index contributed by atoms with van der Waals surface area (Å²) >= 11 is 0. The fourth-order valence-corrected chi connectivity index (χ4v) is 8.81. The predicted octanol–water partition coefficient (Wildman–Crippen LogP) is 4.69. The molecule has 2 heterocycles. The van der Waals surface area contributed by atoms with Gasteiger partial charge < -0.3 is 19.5 Å². The minimum atomic E-state index is -3.23. The quantitative estimate of drug-likeness (QED) is 0.306. The molecule has 0 spiro atoms. The molecule has 3 aromatic rings. The van der Waals surface area contributed by atoms with Crippen LogP contribution < -0.4 is 10.2 Å². The van der Waals surface area contributed by atoms with Crippen LogP contribution in [0.4, 0.5) is 10.5 Å². The molecule has 1 saturated carbocycles. The predicted molar refractivity (Wildman–Crippen MR) is 167 cm³/mol.